The maximum absolute atomic E-state index is 13.5. The van der Waals surface area contributed by atoms with Gasteiger partial charge in [0.25, 0.3) is 5.91 Å². The number of aromatic nitrogens is 1. The molecule has 3 aromatic rings. The largest absolute Gasteiger partial charge is 0.573 e. The van der Waals surface area contributed by atoms with Gasteiger partial charge >= 0.3 is 6.36 Å². The zero-order chi connectivity index (χ0) is 25.9. The van der Waals surface area contributed by atoms with E-state index >= 15 is 0 Å². The first kappa shape index (κ1) is 25.8. The first-order valence-corrected chi connectivity index (χ1v) is 11.9. The molecule has 1 saturated heterocycles. The smallest absolute Gasteiger partial charge is 0.405 e. The lowest BCUT2D eigenvalue weighted by molar-refractivity contribution is -0.275. The molecule has 192 valence electrons. The van der Waals surface area contributed by atoms with Gasteiger partial charge in [0.2, 0.25) is 5.91 Å². The molecule has 0 unspecified atom stereocenters. The molecule has 36 heavy (non-hydrogen) atoms. The first-order chi connectivity index (χ1) is 17.2. The summed E-state index contributed by atoms with van der Waals surface area (Å²) in [6, 6.07) is 11.3. The number of hydrogen-bond acceptors (Lipinski definition) is 4. The number of halogens is 4. The van der Waals surface area contributed by atoms with Gasteiger partial charge < -0.3 is 25.3 Å². The third kappa shape index (κ3) is 5.93. The van der Waals surface area contributed by atoms with Gasteiger partial charge in [-0.05, 0) is 42.5 Å². The third-order valence-corrected chi connectivity index (χ3v) is 6.46. The number of carbonyl (C=O) groups is 2. The van der Waals surface area contributed by atoms with Gasteiger partial charge in [0.05, 0.1) is 11.1 Å². The van der Waals surface area contributed by atoms with Crippen LogP contribution in [-0.2, 0) is 11.3 Å². The third-order valence-electron chi connectivity index (χ3n) is 6.22. The Morgan fingerprint density at radius 3 is 2.56 bits per heavy atom. The Bertz CT molecular complexity index is 1250. The van der Waals surface area contributed by atoms with Gasteiger partial charge in [0.1, 0.15) is 12.3 Å². The summed E-state index contributed by atoms with van der Waals surface area (Å²) in [6.07, 6.45) is -2.14. The van der Waals surface area contributed by atoms with E-state index in [0.717, 1.165) is 0 Å². The van der Waals surface area contributed by atoms with Crippen molar-refractivity contribution in [2.24, 2.45) is 5.73 Å². The summed E-state index contributed by atoms with van der Waals surface area (Å²) in [7, 11) is 0. The number of nitrogens with two attached hydrogens (primary N) is 1. The van der Waals surface area contributed by atoms with Crippen molar-refractivity contribution in [3.8, 4) is 5.75 Å². The minimum atomic E-state index is -4.77. The molecule has 7 nitrogen and oxygen atoms in total. The molecule has 0 aliphatic carbocycles. The van der Waals surface area contributed by atoms with Crippen LogP contribution in [0.5, 0.6) is 5.75 Å². The summed E-state index contributed by atoms with van der Waals surface area (Å²) in [6.45, 7) is 1.41. The average molecular weight is 523 g/mol. The lowest BCUT2D eigenvalue weighted by atomic mass is 9.88. The molecule has 2 amide bonds. The number of para-hydroxylation sites is 1. The molecular weight excluding hydrogens is 497 g/mol. The van der Waals surface area contributed by atoms with Crippen LogP contribution in [0.3, 0.4) is 0 Å². The van der Waals surface area contributed by atoms with Crippen molar-refractivity contribution in [1.82, 2.24) is 14.8 Å². The zero-order valence-electron chi connectivity index (χ0n) is 19.4. The monoisotopic (exact) mass is 522 g/mol. The van der Waals surface area contributed by atoms with Crippen LogP contribution in [0.4, 0.5) is 13.2 Å². The number of nitrogens with zero attached hydrogens (tertiary/aromatic N) is 2. The van der Waals surface area contributed by atoms with E-state index in [-0.39, 0.29) is 30.0 Å². The van der Waals surface area contributed by atoms with Crippen LogP contribution in [0.25, 0.3) is 10.9 Å². The molecule has 0 bridgehead atoms. The molecule has 4 rings (SSSR count). The van der Waals surface area contributed by atoms with E-state index < -0.39 is 6.36 Å². The molecule has 0 radical (unpaired) electrons. The Hall–Kier alpha value is -3.24. The fourth-order valence-corrected chi connectivity index (χ4v) is 4.75. The number of hydrogen-bond donors (Lipinski definition) is 2. The second-order valence-corrected chi connectivity index (χ2v) is 9.06. The molecule has 2 heterocycles. The number of fused-ring (bicyclic) bond motifs is 1. The summed E-state index contributed by atoms with van der Waals surface area (Å²) in [4.78, 5) is 27.4. The van der Waals surface area contributed by atoms with Crippen molar-refractivity contribution in [2.45, 2.75) is 31.7 Å². The first-order valence-electron chi connectivity index (χ1n) is 11.6. The number of carbonyl (C=O) groups excluding carboxylic acids is 2. The molecule has 1 aliphatic heterocycles. The lowest BCUT2D eigenvalue weighted by Gasteiger charge is -2.33. The molecular formula is C25H26ClF3N4O3. The van der Waals surface area contributed by atoms with Crippen LogP contribution in [0, 0.1) is 0 Å². The Morgan fingerprint density at radius 1 is 1.14 bits per heavy atom. The van der Waals surface area contributed by atoms with Crippen molar-refractivity contribution in [1.29, 1.82) is 0 Å². The number of amides is 2. The van der Waals surface area contributed by atoms with Crippen LogP contribution in [0.15, 0.2) is 48.7 Å². The predicted octanol–water partition coefficient (Wildman–Crippen LogP) is 4.29. The topological polar surface area (TPSA) is 89.6 Å². The highest BCUT2D eigenvalue weighted by molar-refractivity contribution is 6.31. The zero-order valence-corrected chi connectivity index (χ0v) is 20.1. The van der Waals surface area contributed by atoms with E-state index in [9.17, 15) is 22.8 Å². The summed E-state index contributed by atoms with van der Waals surface area (Å²) in [5, 5.41) is 3.85. The minimum Gasteiger partial charge on any atom is -0.405 e. The number of ether oxygens (including phenoxy) is 1. The normalized spacial score (nSPS) is 14.8. The number of benzene rings is 2. The van der Waals surface area contributed by atoms with E-state index in [4.69, 9.17) is 17.3 Å². The SMILES string of the molecule is NCCNC(=O)Cn1cc(C(=O)N2CCC(c3ccccc3OC(F)(F)F)CC2)c2ccc(Cl)cc21. The van der Waals surface area contributed by atoms with Gasteiger partial charge in [-0.3, -0.25) is 9.59 Å². The van der Waals surface area contributed by atoms with Gasteiger partial charge in [-0.1, -0.05) is 35.9 Å². The van der Waals surface area contributed by atoms with Gasteiger partial charge in [-0.15, -0.1) is 13.2 Å². The van der Waals surface area contributed by atoms with Crippen molar-refractivity contribution >= 4 is 34.3 Å². The second kappa shape index (κ2) is 10.8. The molecule has 3 N–H and O–H groups in total. The molecule has 0 saturated carbocycles. The van der Waals surface area contributed by atoms with Crippen LogP contribution >= 0.6 is 11.6 Å². The van der Waals surface area contributed by atoms with E-state index in [1.807, 2.05) is 0 Å². The van der Waals surface area contributed by atoms with Crippen molar-refractivity contribution in [3.05, 3.63) is 64.8 Å². The highest BCUT2D eigenvalue weighted by Gasteiger charge is 2.34. The van der Waals surface area contributed by atoms with Crippen LogP contribution in [-0.4, -0.2) is 53.8 Å². The minimum absolute atomic E-state index is 0.00217. The highest BCUT2D eigenvalue weighted by Crippen LogP contribution is 2.37. The van der Waals surface area contributed by atoms with E-state index in [1.54, 1.807) is 46.0 Å². The molecule has 1 aliphatic rings. The fraction of sp³-hybridized carbons (Fsp3) is 0.360. The Labute approximate surface area is 210 Å². The summed E-state index contributed by atoms with van der Waals surface area (Å²) >= 11 is 6.17. The maximum atomic E-state index is 13.5. The molecule has 0 spiro atoms. The van der Waals surface area contributed by atoms with E-state index in [0.29, 0.717) is 66.1 Å². The van der Waals surface area contributed by atoms with Gasteiger partial charge in [-0.2, -0.15) is 0 Å². The number of likely N-dealkylation sites (tertiary alicyclic amines) is 1. The van der Waals surface area contributed by atoms with Gasteiger partial charge in [0, 0.05) is 42.8 Å². The number of alkyl halides is 3. The fourth-order valence-electron chi connectivity index (χ4n) is 4.59. The Morgan fingerprint density at radius 2 is 1.86 bits per heavy atom. The Kier molecular flexibility index (Phi) is 7.75. The maximum Gasteiger partial charge on any atom is 0.573 e. The average Bonchev–Trinajstić information content (AvgIpc) is 3.19. The quantitative estimate of drug-likeness (QED) is 0.484. The van der Waals surface area contributed by atoms with Crippen LogP contribution in [0.2, 0.25) is 5.02 Å². The van der Waals surface area contributed by atoms with E-state index in [1.165, 1.54) is 12.1 Å². The van der Waals surface area contributed by atoms with Crippen LogP contribution in [0.1, 0.15) is 34.7 Å². The van der Waals surface area contributed by atoms with Crippen molar-refractivity contribution in [2.75, 3.05) is 26.2 Å². The molecule has 2 aromatic carbocycles. The highest BCUT2D eigenvalue weighted by atomic mass is 35.5. The standard InChI is InChI=1S/C25H26ClF3N4O3/c26-17-5-6-19-20(14-33(21(19)13-17)15-23(34)31-10-9-30)24(35)32-11-7-16(8-12-32)18-3-1-2-4-22(18)36-25(27,28)29/h1-6,13-14,16H,7-12,15,30H2,(H,31,34). The molecule has 1 aromatic heterocycles. The second-order valence-electron chi connectivity index (χ2n) is 8.62. The molecule has 1 fully saturated rings. The number of rotatable bonds is 7. The van der Waals surface area contributed by atoms with E-state index in [2.05, 4.69) is 10.1 Å². The Balaban J connectivity index is 1.51. The number of nitrogens with one attached hydrogen (secondary N) is 1. The molecule has 11 heteroatoms. The van der Waals surface area contributed by atoms with Gasteiger partial charge in [0.15, 0.2) is 0 Å². The summed E-state index contributed by atoms with van der Waals surface area (Å²) < 4.78 is 44.4. The molecule has 0 atom stereocenters. The summed E-state index contributed by atoms with van der Waals surface area (Å²) in [5.41, 5.74) is 7.02. The van der Waals surface area contributed by atoms with Gasteiger partial charge in [-0.25, -0.2) is 0 Å². The lowest BCUT2D eigenvalue weighted by Crippen LogP contribution is -2.38. The van der Waals surface area contributed by atoms with Crippen LogP contribution < -0.4 is 15.8 Å². The summed E-state index contributed by atoms with van der Waals surface area (Å²) in [5.74, 6) is -0.819. The van der Waals surface area contributed by atoms with Crippen molar-refractivity contribution in [3.63, 3.8) is 0 Å². The predicted molar refractivity (Wildman–Crippen MR) is 130 cm³/mol. The number of piperidine rings is 1. The van der Waals surface area contributed by atoms with Crippen molar-refractivity contribution < 1.29 is 27.5 Å².